The summed E-state index contributed by atoms with van der Waals surface area (Å²) in [6.45, 7) is 3.56. The van der Waals surface area contributed by atoms with Gasteiger partial charge in [0.15, 0.2) is 0 Å². The van der Waals surface area contributed by atoms with Gasteiger partial charge in [0.2, 0.25) is 0 Å². The van der Waals surface area contributed by atoms with Crippen molar-refractivity contribution in [2.75, 3.05) is 6.54 Å². The van der Waals surface area contributed by atoms with E-state index in [2.05, 4.69) is 58.9 Å². The molecule has 1 aromatic rings. The van der Waals surface area contributed by atoms with Crippen molar-refractivity contribution in [3.8, 4) is 5.75 Å². The van der Waals surface area contributed by atoms with Crippen LogP contribution in [0.5, 0.6) is 5.75 Å². The maximum atomic E-state index is 9.67. The van der Waals surface area contributed by atoms with Gasteiger partial charge in [0.25, 0.3) is 0 Å². The van der Waals surface area contributed by atoms with Crippen LogP contribution >= 0.6 is 41.5 Å². The zero-order valence-electron chi connectivity index (χ0n) is 16.5. The molecule has 4 aliphatic rings. The average molecular weight is 738 g/mol. The van der Waals surface area contributed by atoms with Gasteiger partial charge in [-0.25, -0.2) is 0 Å². The number of nitrogens with zero attached hydrogens (tertiary/aromatic N) is 2. The molecule has 1 saturated heterocycles. The van der Waals surface area contributed by atoms with E-state index in [1.165, 1.54) is 43.6 Å². The van der Waals surface area contributed by atoms with Crippen LogP contribution in [0.1, 0.15) is 25.3 Å². The Balaban J connectivity index is 1.44. The molecule has 30 heavy (non-hydrogen) atoms. The van der Waals surface area contributed by atoms with Crippen LogP contribution in [0, 0.1) is 0 Å². The van der Waals surface area contributed by atoms with Gasteiger partial charge in [-0.05, 0) is 0 Å². The van der Waals surface area contributed by atoms with Crippen molar-refractivity contribution in [1.82, 2.24) is 13.3 Å². The van der Waals surface area contributed by atoms with Crippen molar-refractivity contribution in [1.29, 1.82) is 0 Å². The molecule has 1 unspecified atom stereocenters. The Labute approximate surface area is 208 Å². The molecule has 0 bridgehead atoms. The molecular weight excluding hydrogens is 715 g/mol. The quantitative estimate of drug-likeness (QED) is 0.283. The number of phenolic OH excluding ortho intramolecular Hbond substituents is 1. The SMILES string of the molecule is CC1CCCN1C1=IC(NC2=CC(c3ccc(O)cc3)=C[I-]N3C=CI=C23)=CC=C1. The summed E-state index contributed by atoms with van der Waals surface area (Å²) in [6, 6.07) is 8.26. The van der Waals surface area contributed by atoms with Crippen LogP contribution in [-0.4, -0.2) is 33.0 Å². The number of hydrogen-bond acceptors (Lipinski definition) is 4. The van der Waals surface area contributed by atoms with Gasteiger partial charge in [-0.3, -0.25) is 0 Å². The molecule has 0 spiro atoms. The van der Waals surface area contributed by atoms with Crippen molar-refractivity contribution >= 4 is 54.3 Å². The summed E-state index contributed by atoms with van der Waals surface area (Å²) < 4.78 is 11.7. The summed E-state index contributed by atoms with van der Waals surface area (Å²) in [7, 11) is 0. The molecule has 0 radical (unpaired) electrons. The van der Waals surface area contributed by atoms with Crippen LogP contribution in [0.3, 0.4) is 0 Å². The van der Waals surface area contributed by atoms with Gasteiger partial charge in [-0.1, -0.05) is 0 Å². The molecule has 0 amide bonds. The molecule has 5 rings (SSSR count). The molecule has 0 saturated carbocycles. The predicted molar refractivity (Wildman–Crippen MR) is 139 cm³/mol. The third-order valence-corrected chi connectivity index (χ3v) is 13.7. The average Bonchev–Trinajstić information content (AvgIpc) is 3.36. The molecule has 4 heterocycles. The number of halogens is 3. The van der Waals surface area contributed by atoms with Crippen LogP contribution in [0.25, 0.3) is 5.57 Å². The first kappa shape index (κ1) is 21.1. The van der Waals surface area contributed by atoms with Gasteiger partial charge in [0, 0.05) is 0 Å². The molecule has 2 N–H and O–H groups in total. The summed E-state index contributed by atoms with van der Waals surface area (Å²) in [5, 5.41) is 13.5. The molecule has 0 aromatic heterocycles. The molecule has 1 aromatic carbocycles. The van der Waals surface area contributed by atoms with E-state index in [0.29, 0.717) is 11.8 Å². The zero-order valence-corrected chi connectivity index (χ0v) is 23.0. The zero-order chi connectivity index (χ0) is 20.5. The number of hydrogen-bond donors (Lipinski definition) is 2. The van der Waals surface area contributed by atoms with Gasteiger partial charge in [0.05, 0.1) is 0 Å². The second-order valence-electron chi connectivity index (χ2n) is 7.35. The molecule has 7 heteroatoms. The fourth-order valence-corrected chi connectivity index (χ4v) is 12.4. The van der Waals surface area contributed by atoms with Crippen LogP contribution in [-0.2, 0) is 0 Å². The fraction of sp³-hybridized carbons (Fsp3) is 0.217. The topological polar surface area (TPSA) is 38.7 Å². The first-order valence-corrected chi connectivity index (χ1v) is 16.6. The van der Waals surface area contributed by atoms with E-state index < -0.39 is 0 Å². The number of likely N-dealkylation sites (tertiary alicyclic amines) is 1. The van der Waals surface area contributed by atoms with E-state index in [1.54, 1.807) is 15.8 Å². The molecule has 4 aliphatic heterocycles. The molecule has 4 nitrogen and oxygen atoms in total. The summed E-state index contributed by atoms with van der Waals surface area (Å²) in [4.78, 5) is 2.62. The van der Waals surface area contributed by atoms with Gasteiger partial charge in [-0.15, -0.1) is 0 Å². The molecular formula is C23H23I3N3O-. The van der Waals surface area contributed by atoms with Crippen molar-refractivity contribution in [2.24, 2.45) is 0 Å². The number of aromatic hydroxyl groups is 1. The second kappa shape index (κ2) is 9.37. The van der Waals surface area contributed by atoms with Crippen LogP contribution in [0.2, 0.25) is 0 Å². The van der Waals surface area contributed by atoms with Gasteiger partial charge >= 0.3 is 210 Å². The normalized spacial score (nSPS) is 24.1. The maximum absolute atomic E-state index is 9.67. The van der Waals surface area contributed by atoms with E-state index in [1.807, 2.05) is 12.1 Å². The Morgan fingerprint density at radius 3 is 2.90 bits per heavy atom. The third kappa shape index (κ3) is 4.53. The fourth-order valence-electron chi connectivity index (χ4n) is 3.71. The van der Waals surface area contributed by atoms with Crippen molar-refractivity contribution < 1.29 is 26.6 Å². The van der Waals surface area contributed by atoms with E-state index in [9.17, 15) is 5.11 Å². The van der Waals surface area contributed by atoms with Gasteiger partial charge < -0.3 is 0 Å². The van der Waals surface area contributed by atoms with E-state index in [4.69, 9.17) is 0 Å². The summed E-state index contributed by atoms with van der Waals surface area (Å²) >= 11 is -0.521. The number of fused-ring (bicyclic) bond motifs is 1. The Bertz CT molecular complexity index is 1060. The van der Waals surface area contributed by atoms with Crippen molar-refractivity contribution in [3.63, 3.8) is 0 Å². The first-order valence-electron chi connectivity index (χ1n) is 9.93. The number of phenols is 1. The summed E-state index contributed by atoms with van der Waals surface area (Å²) in [5.74, 6) is 0.317. The number of rotatable bonds is 4. The summed E-state index contributed by atoms with van der Waals surface area (Å²) in [6.07, 6.45) is 14.1. The van der Waals surface area contributed by atoms with Crippen molar-refractivity contribution in [2.45, 2.75) is 25.8 Å². The van der Waals surface area contributed by atoms with Gasteiger partial charge in [0.1, 0.15) is 0 Å². The Morgan fingerprint density at radius 1 is 1.23 bits per heavy atom. The van der Waals surface area contributed by atoms with Crippen molar-refractivity contribution in [3.05, 3.63) is 77.9 Å². The monoisotopic (exact) mass is 738 g/mol. The Kier molecular flexibility index (Phi) is 6.58. The predicted octanol–water partition coefficient (Wildman–Crippen LogP) is 2.11. The Morgan fingerprint density at radius 2 is 2.10 bits per heavy atom. The van der Waals surface area contributed by atoms with Crippen LogP contribution in [0.15, 0.2) is 72.3 Å². The number of allylic oxidation sites excluding steroid dienone is 4. The molecule has 0 aliphatic carbocycles. The number of benzene rings is 1. The van der Waals surface area contributed by atoms with E-state index in [-0.39, 0.29) is 62.9 Å². The Hall–Kier alpha value is -0.790. The molecule has 1 atom stereocenters. The van der Waals surface area contributed by atoms with E-state index in [0.717, 1.165) is 0 Å². The number of nitrogens with one attached hydrogen (secondary N) is 1. The van der Waals surface area contributed by atoms with Gasteiger partial charge in [-0.2, -0.15) is 0 Å². The van der Waals surface area contributed by atoms with Crippen LogP contribution in [0.4, 0.5) is 0 Å². The summed E-state index contributed by atoms with van der Waals surface area (Å²) in [5.41, 5.74) is 3.69. The molecule has 1 fully saturated rings. The molecule has 158 valence electrons. The standard InChI is InChI=1S/C23H23I3N3O/c1-16-4-3-12-28(16)22-6-2-5-21(26-22)27-20-14-18(17-7-9-19(30)10-8-17)15-25-29-13-11-24-23(20)29/h2,5-11,13-16,27,30H,3-4,12H2,1H3/q-1. The minimum atomic E-state index is -0.223. The second-order valence-corrected chi connectivity index (χ2v) is 14.7. The van der Waals surface area contributed by atoms with Crippen LogP contribution < -0.4 is 26.8 Å². The minimum absolute atomic E-state index is 0.0934. The third-order valence-electron chi connectivity index (χ3n) is 5.29. The first-order chi connectivity index (χ1) is 14.7. The van der Waals surface area contributed by atoms with E-state index >= 15 is 0 Å².